The van der Waals surface area contributed by atoms with E-state index in [4.69, 9.17) is 4.74 Å². The molecule has 2 aromatic carbocycles. The van der Waals surface area contributed by atoms with Gasteiger partial charge in [0.05, 0.1) is 13.7 Å². The van der Waals surface area contributed by atoms with Gasteiger partial charge >= 0.3 is 0 Å². The normalized spacial score (nSPS) is 11.9. The molecule has 0 aliphatic heterocycles. The van der Waals surface area contributed by atoms with Crippen molar-refractivity contribution in [3.05, 3.63) is 89.5 Å². The number of carbonyl (C=O) groups excluding carboxylic acids is 2. The highest BCUT2D eigenvalue weighted by Gasteiger charge is 2.26. The molecule has 6 nitrogen and oxygen atoms in total. The van der Waals surface area contributed by atoms with E-state index in [-0.39, 0.29) is 35.9 Å². The Bertz CT molecular complexity index is 1190. The molecule has 3 aromatic rings. The highest BCUT2D eigenvalue weighted by Crippen LogP contribution is 2.18. The van der Waals surface area contributed by atoms with Crippen molar-refractivity contribution in [1.82, 2.24) is 14.4 Å². The van der Waals surface area contributed by atoms with Crippen LogP contribution in [0.15, 0.2) is 66.9 Å². The molecular weight excluding hydrogens is 469 g/mol. The lowest BCUT2D eigenvalue weighted by atomic mass is 10.1. The molecule has 0 aliphatic carbocycles. The molecule has 0 bridgehead atoms. The second-order valence-electron chi connectivity index (χ2n) is 9.85. The molecule has 2 amide bonds. The minimum Gasteiger partial charge on any atom is -0.497 e. The first-order valence-corrected chi connectivity index (χ1v) is 12.8. The van der Waals surface area contributed by atoms with Crippen LogP contribution in [0.2, 0.25) is 0 Å². The number of ether oxygens (including phenoxy) is 1. The summed E-state index contributed by atoms with van der Waals surface area (Å²) in [5, 5.41) is 0. The Kier molecular flexibility index (Phi) is 9.89. The van der Waals surface area contributed by atoms with Crippen LogP contribution in [-0.2, 0) is 17.9 Å². The molecule has 7 heteroatoms. The van der Waals surface area contributed by atoms with Crippen LogP contribution in [0.1, 0.15) is 55.7 Å². The largest absolute Gasteiger partial charge is 0.497 e. The van der Waals surface area contributed by atoms with E-state index in [1.165, 1.54) is 23.1 Å². The molecule has 37 heavy (non-hydrogen) atoms. The maximum atomic E-state index is 13.8. The monoisotopic (exact) mass is 507 g/mol. The van der Waals surface area contributed by atoms with Gasteiger partial charge in [0.2, 0.25) is 5.91 Å². The van der Waals surface area contributed by atoms with E-state index in [1.807, 2.05) is 75.2 Å². The number of carbonyl (C=O) groups is 2. The van der Waals surface area contributed by atoms with Crippen molar-refractivity contribution in [2.45, 2.75) is 53.2 Å². The van der Waals surface area contributed by atoms with Gasteiger partial charge in [0.15, 0.2) is 0 Å². The maximum absolute atomic E-state index is 13.8. The molecule has 0 radical (unpaired) electrons. The minimum absolute atomic E-state index is 0.0159. The van der Waals surface area contributed by atoms with Gasteiger partial charge in [0.25, 0.3) is 5.91 Å². The summed E-state index contributed by atoms with van der Waals surface area (Å²) in [5.41, 5.74) is 2.35. The Morgan fingerprint density at radius 1 is 1.03 bits per heavy atom. The Hall–Kier alpha value is -3.61. The fourth-order valence-corrected chi connectivity index (χ4v) is 4.32. The van der Waals surface area contributed by atoms with Crippen molar-refractivity contribution >= 4 is 11.8 Å². The smallest absolute Gasteiger partial charge is 0.254 e. The first-order chi connectivity index (χ1) is 17.7. The summed E-state index contributed by atoms with van der Waals surface area (Å²) in [6, 6.07) is 17.5. The molecule has 0 aliphatic rings. The Morgan fingerprint density at radius 3 is 2.46 bits per heavy atom. The van der Waals surface area contributed by atoms with Gasteiger partial charge < -0.3 is 19.1 Å². The number of halogens is 1. The van der Waals surface area contributed by atoms with Crippen molar-refractivity contribution in [3.63, 3.8) is 0 Å². The highest BCUT2D eigenvalue weighted by atomic mass is 19.1. The standard InChI is InChI=1S/C30H38FN3O3/c1-6-23(4)34(20-27-13-9-15-32(27)19-24-10-7-14-28(16-24)37-5)29(35)21-33(18-22(2)3)30(36)25-11-8-12-26(31)17-25/h7-17,22-23H,6,18-21H2,1-5H3. The number of hydrogen-bond donors (Lipinski definition) is 0. The molecule has 0 spiro atoms. The first-order valence-electron chi connectivity index (χ1n) is 12.8. The molecule has 1 atom stereocenters. The van der Waals surface area contributed by atoms with Crippen LogP contribution in [-0.4, -0.2) is 52.4 Å². The lowest BCUT2D eigenvalue weighted by Gasteiger charge is -2.32. The number of methoxy groups -OCH3 is 1. The second-order valence-corrected chi connectivity index (χ2v) is 9.85. The average Bonchev–Trinajstić information content (AvgIpc) is 3.32. The van der Waals surface area contributed by atoms with E-state index in [1.54, 1.807) is 13.2 Å². The van der Waals surface area contributed by atoms with Gasteiger partial charge in [0, 0.05) is 36.6 Å². The Labute approximate surface area is 219 Å². The molecule has 1 unspecified atom stereocenters. The van der Waals surface area contributed by atoms with Crippen molar-refractivity contribution in [2.24, 2.45) is 5.92 Å². The molecule has 0 saturated carbocycles. The number of rotatable bonds is 12. The predicted octanol–water partition coefficient (Wildman–Crippen LogP) is 5.61. The lowest BCUT2D eigenvalue weighted by Crippen LogP contribution is -2.47. The number of nitrogens with zero attached hydrogens (tertiary/aromatic N) is 3. The van der Waals surface area contributed by atoms with Crippen LogP contribution in [0.25, 0.3) is 0 Å². The Morgan fingerprint density at radius 2 is 1.78 bits per heavy atom. The van der Waals surface area contributed by atoms with Crippen LogP contribution >= 0.6 is 0 Å². The number of hydrogen-bond acceptors (Lipinski definition) is 3. The third kappa shape index (κ3) is 7.68. The maximum Gasteiger partial charge on any atom is 0.254 e. The fraction of sp³-hybridized carbons (Fsp3) is 0.400. The number of amides is 2. The zero-order valence-corrected chi connectivity index (χ0v) is 22.5. The van der Waals surface area contributed by atoms with Gasteiger partial charge in [0.1, 0.15) is 18.1 Å². The van der Waals surface area contributed by atoms with Crippen molar-refractivity contribution in [3.8, 4) is 5.75 Å². The molecule has 3 rings (SSSR count). The van der Waals surface area contributed by atoms with Crippen LogP contribution in [0.5, 0.6) is 5.75 Å². The van der Waals surface area contributed by atoms with Gasteiger partial charge in [-0.25, -0.2) is 4.39 Å². The SMILES string of the molecule is CCC(C)N(Cc1cccn1Cc1cccc(OC)c1)C(=O)CN(CC(C)C)C(=O)c1cccc(F)c1. The van der Waals surface area contributed by atoms with Crippen LogP contribution in [0.3, 0.4) is 0 Å². The summed E-state index contributed by atoms with van der Waals surface area (Å²) < 4.78 is 21.3. The van der Waals surface area contributed by atoms with E-state index < -0.39 is 5.82 Å². The predicted molar refractivity (Wildman–Crippen MR) is 144 cm³/mol. The molecule has 1 heterocycles. The number of benzene rings is 2. The third-order valence-electron chi connectivity index (χ3n) is 6.46. The van der Waals surface area contributed by atoms with E-state index in [0.29, 0.717) is 19.6 Å². The van der Waals surface area contributed by atoms with Gasteiger partial charge in [-0.05, 0) is 67.3 Å². The summed E-state index contributed by atoms with van der Waals surface area (Å²) in [4.78, 5) is 30.3. The quantitative estimate of drug-likeness (QED) is 0.320. The van der Waals surface area contributed by atoms with Gasteiger partial charge in [-0.15, -0.1) is 0 Å². The van der Waals surface area contributed by atoms with E-state index >= 15 is 0 Å². The van der Waals surface area contributed by atoms with Gasteiger partial charge in [-0.1, -0.05) is 39.0 Å². The fourth-order valence-electron chi connectivity index (χ4n) is 4.32. The van der Waals surface area contributed by atoms with Crippen LogP contribution in [0, 0.1) is 11.7 Å². The zero-order chi connectivity index (χ0) is 26.9. The van der Waals surface area contributed by atoms with Crippen molar-refractivity contribution in [1.29, 1.82) is 0 Å². The summed E-state index contributed by atoms with van der Waals surface area (Å²) in [6.45, 7) is 9.48. The van der Waals surface area contributed by atoms with E-state index in [0.717, 1.165) is 23.4 Å². The first kappa shape index (κ1) is 28.0. The summed E-state index contributed by atoms with van der Waals surface area (Å²) >= 11 is 0. The summed E-state index contributed by atoms with van der Waals surface area (Å²) in [7, 11) is 1.65. The third-order valence-corrected chi connectivity index (χ3v) is 6.46. The molecule has 0 saturated heterocycles. The minimum atomic E-state index is -0.472. The van der Waals surface area contributed by atoms with E-state index in [2.05, 4.69) is 4.57 Å². The van der Waals surface area contributed by atoms with Crippen molar-refractivity contribution in [2.75, 3.05) is 20.2 Å². The van der Waals surface area contributed by atoms with Crippen molar-refractivity contribution < 1.29 is 18.7 Å². The van der Waals surface area contributed by atoms with E-state index in [9.17, 15) is 14.0 Å². The topological polar surface area (TPSA) is 54.8 Å². The second kappa shape index (κ2) is 13.1. The molecule has 198 valence electrons. The Balaban J connectivity index is 1.80. The highest BCUT2D eigenvalue weighted by molar-refractivity contribution is 5.96. The molecule has 0 fully saturated rings. The van der Waals surface area contributed by atoms with Crippen LogP contribution in [0.4, 0.5) is 4.39 Å². The van der Waals surface area contributed by atoms with Gasteiger partial charge in [-0.2, -0.15) is 0 Å². The number of aromatic nitrogens is 1. The molecule has 0 N–H and O–H groups in total. The lowest BCUT2D eigenvalue weighted by molar-refractivity contribution is -0.134. The zero-order valence-electron chi connectivity index (χ0n) is 22.5. The summed E-state index contributed by atoms with van der Waals surface area (Å²) in [5.74, 6) is 0.0129. The van der Waals surface area contributed by atoms with Gasteiger partial charge in [-0.3, -0.25) is 9.59 Å². The van der Waals surface area contributed by atoms with Crippen LogP contribution < -0.4 is 4.74 Å². The average molecular weight is 508 g/mol. The summed E-state index contributed by atoms with van der Waals surface area (Å²) in [6.07, 6.45) is 2.79. The molecular formula is C30H38FN3O3. The molecule has 1 aromatic heterocycles.